The molecule has 0 unspecified atom stereocenters. The molecule has 1 aliphatic heterocycles. The zero-order chi connectivity index (χ0) is 35.7. The Balaban J connectivity index is 0.000000174. The Bertz CT molecular complexity index is 2340. The van der Waals surface area contributed by atoms with Gasteiger partial charge in [0.15, 0.2) is 0 Å². The second kappa shape index (κ2) is 13.3. The first-order valence-corrected chi connectivity index (χ1v) is 15.9. The maximum absolute atomic E-state index is 12.9. The number of hydrogen-bond donors (Lipinski definition) is 5. The van der Waals surface area contributed by atoms with E-state index in [4.69, 9.17) is 18.2 Å². The lowest BCUT2D eigenvalue weighted by atomic mass is 9.85. The van der Waals surface area contributed by atoms with Crippen molar-refractivity contribution in [2.24, 2.45) is 0 Å². The van der Waals surface area contributed by atoms with Crippen LogP contribution in [0.25, 0.3) is 21.7 Å². The minimum absolute atomic E-state index is 0.154. The summed E-state index contributed by atoms with van der Waals surface area (Å²) in [4.78, 5) is 41.1. The normalized spacial score (nSPS) is 12.7. The molecule has 0 saturated carbocycles. The Hall–Kier alpha value is -6.38. The molecule has 0 saturated heterocycles. The monoisotopic (exact) mass is 685 g/mol. The van der Waals surface area contributed by atoms with E-state index >= 15 is 0 Å². The molecule has 6 aromatic rings. The molecular weight excluding hydrogens is 654 g/mol. The van der Waals surface area contributed by atoms with Crippen molar-refractivity contribution in [3.63, 3.8) is 0 Å². The molecule has 1 aliphatic rings. The Morgan fingerprint density at radius 3 is 2.28 bits per heavy atom. The van der Waals surface area contributed by atoms with Crippen LogP contribution in [0.1, 0.15) is 51.5 Å². The molecule has 0 bridgehead atoms. The molecule has 0 atom stereocenters. The molecule has 11 nitrogen and oxygen atoms in total. The van der Waals surface area contributed by atoms with Crippen molar-refractivity contribution in [3.8, 4) is 17.0 Å². The number of para-hydroxylation sites is 1. The van der Waals surface area contributed by atoms with Crippen molar-refractivity contribution in [1.82, 2.24) is 14.6 Å². The minimum Gasteiger partial charge on any atom is -0.505 e. The van der Waals surface area contributed by atoms with Crippen LogP contribution in [-0.4, -0.2) is 37.4 Å². The first kappa shape index (κ1) is 33.5. The van der Waals surface area contributed by atoms with Gasteiger partial charge in [-0.05, 0) is 63.6 Å². The largest absolute Gasteiger partial charge is 0.505 e. The van der Waals surface area contributed by atoms with Crippen LogP contribution < -0.4 is 16.0 Å². The van der Waals surface area contributed by atoms with Crippen molar-refractivity contribution >= 4 is 57.7 Å². The van der Waals surface area contributed by atoms with Gasteiger partial charge < -0.3 is 21.1 Å². The number of aromatic hydroxyl groups is 1. The molecule has 3 heterocycles. The van der Waals surface area contributed by atoms with Gasteiger partial charge in [-0.25, -0.2) is 4.85 Å². The van der Waals surface area contributed by atoms with Crippen LogP contribution >= 0.6 is 11.6 Å². The third-order valence-electron chi connectivity index (χ3n) is 8.42. The van der Waals surface area contributed by atoms with E-state index in [2.05, 4.69) is 31.0 Å². The van der Waals surface area contributed by atoms with Crippen molar-refractivity contribution in [2.45, 2.75) is 33.1 Å². The van der Waals surface area contributed by atoms with Crippen LogP contribution in [0.2, 0.25) is 5.02 Å². The molecule has 2 aromatic heterocycles. The molecule has 0 aliphatic carbocycles. The Morgan fingerprint density at radius 1 is 0.940 bits per heavy atom. The van der Waals surface area contributed by atoms with Gasteiger partial charge in [0, 0.05) is 16.8 Å². The third kappa shape index (κ3) is 6.04. The highest BCUT2D eigenvalue weighted by molar-refractivity contribution is 6.35. The van der Waals surface area contributed by atoms with E-state index in [9.17, 15) is 19.5 Å². The number of anilines is 3. The van der Waals surface area contributed by atoms with E-state index in [1.165, 1.54) is 6.07 Å². The van der Waals surface area contributed by atoms with Crippen molar-refractivity contribution in [3.05, 3.63) is 136 Å². The summed E-state index contributed by atoms with van der Waals surface area (Å²) in [7, 11) is 0. The summed E-state index contributed by atoms with van der Waals surface area (Å²) in [6.45, 7) is 14.8. The maximum Gasteiger partial charge on any atom is 0.255 e. The molecule has 4 aromatic carbocycles. The van der Waals surface area contributed by atoms with Gasteiger partial charge in [0.2, 0.25) is 17.5 Å². The summed E-state index contributed by atoms with van der Waals surface area (Å²) >= 11 is 6.22. The van der Waals surface area contributed by atoms with E-state index < -0.39 is 5.41 Å². The average molecular weight is 686 g/mol. The number of carbonyl (C=O) groups is 3. The number of rotatable bonds is 5. The summed E-state index contributed by atoms with van der Waals surface area (Å²) in [5, 5.41) is 26.1. The first-order chi connectivity index (χ1) is 23.9. The Kier molecular flexibility index (Phi) is 8.89. The fourth-order valence-electron chi connectivity index (χ4n) is 5.90. The quantitative estimate of drug-likeness (QED) is 0.0916. The molecule has 0 fully saturated rings. The number of hydrogen-bond acceptors (Lipinski definition) is 5. The average Bonchev–Trinajstić information content (AvgIpc) is 3.72. The standard InChI is InChI=1S/C20H15N5O.C18H17ClN2O3/c1-13-23-24-19-16(20(26)22-15-11-7-4-8-12-15)17(21-2)18(25(13)19)14-9-5-3-6-10-14;1-9-5-4-6-10(7-9)16(23)20-12-8-11(19)14-13(15(12)22)18(2,3)17(24)21-14/h3-12,24H,1H3,(H,22,26);4-8,22H,1-3H3,(H,20,23)(H,21,24). The van der Waals surface area contributed by atoms with E-state index in [1.54, 1.807) is 44.2 Å². The molecule has 3 amide bonds. The first-order valence-electron chi connectivity index (χ1n) is 15.6. The zero-order valence-electron chi connectivity index (χ0n) is 27.6. The summed E-state index contributed by atoms with van der Waals surface area (Å²) in [5.41, 5.74) is 4.75. The van der Waals surface area contributed by atoms with Gasteiger partial charge >= 0.3 is 0 Å². The second-order valence-electron chi connectivity index (χ2n) is 12.2. The van der Waals surface area contributed by atoms with Crippen molar-refractivity contribution in [2.75, 3.05) is 16.0 Å². The summed E-state index contributed by atoms with van der Waals surface area (Å²) in [6.07, 6.45) is 0. The van der Waals surface area contributed by atoms with E-state index in [1.807, 2.05) is 72.8 Å². The number of aromatic amines is 1. The summed E-state index contributed by atoms with van der Waals surface area (Å²) in [6, 6.07) is 27.3. The molecule has 0 spiro atoms. The lowest BCUT2D eigenvalue weighted by Crippen LogP contribution is -2.27. The molecule has 50 heavy (non-hydrogen) atoms. The van der Waals surface area contributed by atoms with E-state index in [0.717, 1.165) is 11.1 Å². The maximum atomic E-state index is 12.9. The predicted octanol–water partition coefficient (Wildman–Crippen LogP) is 8.28. The van der Waals surface area contributed by atoms with Crippen LogP contribution in [-0.2, 0) is 10.2 Å². The number of aromatic nitrogens is 3. The number of H-pyrrole nitrogens is 1. The molecule has 0 radical (unpaired) electrons. The van der Waals surface area contributed by atoms with Crippen LogP contribution in [0.5, 0.6) is 5.75 Å². The predicted molar refractivity (Wildman–Crippen MR) is 194 cm³/mol. The van der Waals surface area contributed by atoms with Gasteiger partial charge in [-0.1, -0.05) is 77.8 Å². The van der Waals surface area contributed by atoms with Gasteiger partial charge in [0.25, 0.3) is 5.91 Å². The number of nitrogens with zero attached hydrogens (tertiary/aromatic N) is 3. The van der Waals surface area contributed by atoms with Gasteiger partial charge in [-0.2, -0.15) is 5.10 Å². The molecule has 12 heteroatoms. The zero-order valence-corrected chi connectivity index (χ0v) is 28.3. The van der Waals surface area contributed by atoms with Crippen molar-refractivity contribution < 1.29 is 19.5 Å². The van der Waals surface area contributed by atoms with Crippen molar-refractivity contribution in [1.29, 1.82) is 0 Å². The highest BCUT2D eigenvalue weighted by Crippen LogP contribution is 2.50. The Labute approximate surface area is 292 Å². The summed E-state index contributed by atoms with van der Waals surface area (Å²) < 4.78 is 1.82. The Morgan fingerprint density at radius 2 is 1.62 bits per heavy atom. The number of nitrogens with one attached hydrogen (secondary N) is 4. The molecule has 5 N–H and O–H groups in total. The van der Waals surface area contributed by atoms with Gasteiger partial charge in [-0.3, -0.25) is 23.9 Å². The number of phenols is 1. The number of benzene rings is 4. The fourth-order valence-corrected chi connectivity index (χ4v) is 6.15. The van der Waals surface area contributed by atoms with Crippen LogP contribution in [0.4, 0.5) is 22.7 Å². The van der Waals surface area contributed by atoms with Gasteiger partial charge in [0.1, 0.15) is 17.2 Å². The number of carbonyl (C=O) groups excluding carboxylic acids is 3. The fraction of sp³-hybridized carbons (Fsp3) is 0.132. The smallest absolute Gasteiger partial charge is 0.255 e. The van der Waals surface area contributed by atoms with E-state index in [0.29, 0.717) is 50.9 Å². The van der Waals surface area contributed by atoms with Gasteiger partial charge in [-0.15, -0.1) is 0 Å². The van der Waals surface area contributed by atoms with Crippen LogP contribution in [0.15, 0.2) is 91.0 Å². The minimum atomic E-state index is -0.937. The lowest BCUT2D eigenvalue weighted by Gasteiger charge is -2.19. The topological polar surface area (TPSA) is 145 Å². The second-order valence-corrected chi connectivity index (χ2v) is 12.6. The molecule has 7 rings (SSSR count). The SMILES string of the molecule is Cc1cccc(C(=O)Nc2cc(Cl)c3c(c2O)C(C)(C)C(=O)N3)c1.[C-]#[N+]c1c(C(=O)Nc2ccccc2)c2[nH]nc(C)n2c1-c1ccccc1. The molecular formula is C38H32ClN7O4. The van der Waals surface area contributed by atoms with Crippen LogP contribution in [0, 0.1) is 20.4 Å². The number of phenolic OH excluding ortho intramolecular Hbond substituents is 1. The number of aryl methyl sites for hydroxylation is 2. The third-order valence-corrected chi connectivity index (χ3v) is 8.72. The van der Waals surface area contributed by atoms with E-state index in [-0.39, 0.29) is 34.2 Å². The highest BCUT2D eigenvalue weighted by atomic mass is 35.5. The van der Waals surface area contributed by atoms with Crippen LogP contribution in [0.3, 0.4) is 0 Å². The number of halogens is 1. The van der Waals surface area contributed by atoms with Gasteiger partial charge in [0.05, 0.1) is 39.6 Å². The molecule has 250 valence electrons. The summed E-state index contributed by atoms with van der Waals surface area (Å²) in [5.74, 6) is -0.427. The highest BCUT2D eigenvalue weighted by Gasteiger charge is 2.43. The number of fused-ring (bicyclic) bond motifs is 2. The number of amides is 3. The lowest BCUT2D eigenvalue weighted by molar-refractivity contribution is -0.119.